The third-order valence-electron chi connectivity index (χ3n) is 8.10. The van der Waals surface area contributed by atoms with E-state index < -0.39 is 22.8 Å². The van der Waals surface area contributed by atoms with Crippen LogP contribution < -0.4 is 5.32 Å². The van der Waals surface area contributed by atoms with E-state index in [0.717, 1.165) is 21.3 Å². The number of carbonyl (C=O) groups excluding carboxylic acids is 2. The number of ketones is 1. The number of pyridine rings is 1. The third-order valence-corrected chi connectivity index (χ3v) is 8.60. The predicted octanol–water partition coefficient (Wildman–Crippen LogP) is 5.70. The summed E-state index contributed by atoms with van der Waals surface area (Å²) in [6, 6.07) is 15.4. The topological polar surface area (TPSA) is 96.4 Å². The van der Waals surface area contributed by atoms with Crippen molar-refractivity contribution in [3.8, 4) is 11.3 Å². The normalized spacial score (nSPS) is 25.6. The van der Waals surface area contributed by atoms with Crippen LogP contribution in [0.4, 0.5) is 0 Å². The Kier molecular flexibility index (Phi) is 5.79. The highest BCUT2D eigenvalue weighted by atomic mass is 79.9. The lowest BCUT2D eigenvalue weighted by Crippen LogP contribution is -2.68. The van der Waals surface area contributed by atoms with E-state index in [-0.39, 0.29) is 11.7 Å². The van der Waals surface area contributed by atoms with Crippen molar-refractivity contribution >= 4 is 44.5 Å². The molecule has 3 aromatic rings. The first kappa shape index (κ1) is 23.7. The summed E-state index contributed by atoms with van der Waals surface area (Å²) in [5.74, 6) is -1.95. The van der Waals surface area contributed by atoms with Crippen molar-refractivity contribution in [2.24, 2.45) is 11.3 Å². The molecule has 3 aliphatic rings. The molecule has 0 aliphatic heterocycles. The molecular weight excluding hydrogens is 508 g/mol. The molecule has 7 heteroatoms. The summed E-state index contributed by atoms with van der Waals surface area (Å²) < 4.78 is 0.828. The number of fused-ring (bicyclic) bond motifs is 4. The number of Topliss-reactive ketones (excluding diaryl/α,β-unsaturated/α-hetero) is 1. The first-order chi connectivity index (χ1) is 16.7. The molecule has 1 amide bonds. The lowest BCUT2D eigenvalue weighted by atomic mass is 9.50. The Bertz CT molecular complexity index is 1360. The first-order valence-corrected chi connectivity index (χ1v) is 12.8. The smallest absolute Gasteiger partial charge is 0.310 e. The molecule has 6 rings (SSSR count). The SMILES string of the molecule is CCC1C(=O)C2(NC(=O)c3c(C)c(-c4ccccc4)nc4ccc(Br)cc34)CCC1(C(=O)O)CC2. The first-order valence-electron chi connectivity index (χ1n) is 12.0. The second-order valence-corrected chi connectivity index (χ2v) is 10.7. The van der Waals surface area contributed by atoms with E-state index in [0.29, 0.717) is 48.6 Å². The van der Waals surface area contributed by atoms with Crippen molar-refractivity contribution in [3.05, 3.63) is 64.1 Å². The fourth-order valence-corrected chi connectivity index (χ4v) is 6.57. The minimum atomic E-state index is -1.03. The molecule has 0 spiro atoms. The second-order valence-electron chi connectivity index (χ2n) is 9.81. The minimum Gasteiger partial charge on any atom is -0.481 e. The number of benzene rings is 2. The molecule has 1 aromatic heterocycles. The Morgan fingerprint density at radius 3 is 2.43 bits per heavy atom. The number of amides is 1. The number of nitrogens with one attached hydrogen (secondary N) is 1. The Hall–Kier alpha value is -3.06. The van der Waals surface area contributed by atoms with Gasteiger partial charge in [-0.25, -0.2) is 4.98 Å². The summed E-state index contributed by atoms with van der Waals surface area (Å²) in [5, 5.41) is 13.8. The maximum atomic E-state index is 14.0. The van der Waals surface area contributed by atoms with E-state index in [4.69, 9.17) is 4.98 Å². The van der Waals surface area contributed by atoms with Crippen LogP contribution in [0.3, 0.4) is 0 Å². The van der Waals surface area contributed by atoms with Gasteiger partial charge in [-0.15, -0.1) is 0 Å². The summed E-state index contributed by atoms with van der Waals surface area (Å²) in [4.78, 5) is 44.6. The lowest BCUT2D eigenvalue weighted by Gasteiger charge is -2.54. The monoisotopic (exact) mass is 534 g/mol. The van der Waals surface area contributed by atoms with Gasteiger partial charge in [0.15, 0.2) is 5.78 Å². The van der Waals surface area contributed by atoms with Gasteiger partial charge in [0.05, 0.1) is 27.7 Å². The summed E-state index contributed by atoms with van der Waals surface area (Å²) in [6.45, 7) is 3.74. The van der Waals surface area contributed by atoms with Crippen LogP contribution in [0, 0.1) is 18.3 Å². The Balaban J connectivity index is 1.60. The second kappa shape index (κ2) is 8.55. The number of aromatic nitrogens is 1. The summed E-state index contributed by atoms with van der Waals surface area (Å²) in [6.07, 6.45) is 1.92. The third kappa shape index (κ3) is 3.59. The molecule has 0 saturated heterocycles. The molecule has 2 aromatic carbocycles. The fraction of sp³-hybridized carbons (Fsp3) is 0.357. The quantitative estimate of drug-likeness (QED) is 0.437. The van der Waals surface area contributed by atoms with Crippen LogP contribution in [0.2, 0.25) is 0 Å². The van der Waals surface area contributed by atoms with Gasteiger partial charge in [0.1, 0.15) is 0 Å². The molecule has 2 bridgehead atoms. The maximum absolute atomic E-state index is 14.0. The fourth-order valence-electron chi connectivity index (χ4n) is 6.21. The van der Waals surface area contributed by atoms with Gasteiger partial charge in [-0.3, -0.25) is 14.4 Å². The molecule has 35 heavy (non-hydrogen) atoms. The van der Waals surface area contributed by atoms with E-state index in [1.165, 1.54) is 0 Å². The number of aliphatic carboxylic acids is 1. The van der Waals surface area contributed by atoms with Crippen molar-refractivity contribution in [1.29, 1.82) is 0 Å². The molecule has 6 nitrogen and oxygen atoms in total. The number of carbonyl (C=O) groups is 3. The minimum absolute atomic E-state index is 0.145. The molecular formula is C28H27BrN2O4. The van der Waals surface area contributed by atoms with Crippen LogP contribution in [0.1, 0.15) is 54.9 Å². The van der Waals surface area contributed by atoms with Gasteiger partial charge in [-0.2, -0.15) is 0 Å². The van der Waals surface area contributed by atoms with Crippen LogP contribution >= 0.6 is 15.9 Å². The van der Waals surface area contributed by atoms with Crippen LogP contribution in [0.15, 0.2) is 53.0 Å². The number of halogens is 1. The summed E-state index contributed by atoms with van der Waals surface area (Å²) in [5.41, 5.74) is 1.51. The highest BCUT2D eigenvalue weighted by Crippen LogP contribution is 2.55. The van der Waals surface area contributed by atoms with Crippen molar-refractivity contribution in [2.75, 3.05) is 0 Å². The molecule has 2 N–H and O–H groups in total. The molecule has 1 unspecified atom stereocenters. The summed E-state index contributed by atoms with van der Waals surface area (Å²) in [7, 11) is 0. The number of carboxylic acid groups (broad SMARTS) is 1. The van der Waals surface area contributed by atoms with Crippen LogP contribution in [-0.2, 0) is 9.59 Å². The van der Waals surface area contributed by atoms with E-state index in [9.17, 15) is 19.5 Å². The van der Waals surface area contributed by atoms with E-state index in [1.807, 2.05) is 62.4 Å². The average Bonchev–Trinajstić information content (AvgIpc) is 2.85. The van der Waals surface area contributed by atoms with Crippen molar-refractivity contribution in [3.63, 3.8) is 0 Å². The number of hydrogen-bond acceptors (Lipinski definition) is 4. The predicted molar refractivity (Wildman–Crippen MR) is 137 cm³/mol. The van der Waals surface area contributed by atoms with Gasteiger partial charge in [0.25, 0.3) is 5.91 Å². The highest BCUT2D eigenvalue weighted by Gasteiger charge is 2.63. The zero-order valence-electron chi connectivity index (χ0n) is 19.7. The molecule has 0 radical (unpaired) electrons. The van der Waals surface area contributed by atoms with Gasteiger partial charge >= 0.3 is 5.97 Å². The van der Waals surface area contributed by atoms with Gasteiger partial charge in [0, 0.05) is 21.3 Å². The Morgan fingerprint density at radius 2 is 1.80 bits per heavy atom. The highest BCUT2D eigenvalue weighted by molar-refractivity contribution is 9.10. The largest absolute Gasteiger partial charge is 0.481 e. The zero-order chi connectivity index (χ0) is 25.0. The number of hydrogen-bond donors (Lipinski definition) is 2. The van der Waals surface area contributed by atoms with Crippen molar-refractivity contribution < 1.29 is 19.5 Å². The van der Waals surface area contributed by atoms with Gasteiger partial charge < -0.3 is 10.4 Å². The Labute approximate surface area is 212 Å². The molecule has 1 atom stereocenters. The van der Waals surface area contributed by atoms with Gasteiger partial charge in [0.2, 0.25) is 0 Å². The standard InChI is InChI=1S/C28H27BrN2O4/c1-3-20-24(32)28(13-11-27(20,12-14-28)26(34)35)31-25(33)22-16(2)23(17-7-5-4-6-8-17)30-21-10-9-18(29)15-19(21)22/h4-10,15,20H,3,11-14H2,1-2H3,(H,31,33)(H,34,35). The zero-order valence-corrected chi connectivity index (χ0v) is 21.3. The molecule has 3 aliphatic carbocycles. The lowest BCUT2D eigenvalue weighted by molar-refractivity contribution is -0.170. The van der Waals surface area contributed by atoms with E-state index in [2.05, 4.69) is 21.2 Å². The van der Waals surface area contributed by atoms with Crippen LogP contribution in [0.5, 0.6) is 0 Å². The van der Waals surface area contributed by atoms with Crippen molar-refractivity contribution in [1.82, 2.24) is 10.3 Å². The number of carboxylic acids is 1. The van der Waals surface area contributed by atoms with Crippen molar-refractivity contribution in [2.45, 2.75) is 51.5 Å². The maximum Gasteiger partial charge on any atom is 0.310 e. The summed E-state index contributed by atoms with van der Waals surface area (Å²) >= 11 is 3.51. The molecule has 3 saturated carbocycles. The Morgan fingerprint density at radius 1 is 1.11 bits per heavy atom. The molecule has 180 valence electrons. The van der Waals surface area contributed by atoms with Gasteiger partial charge in [-0.1, -0.05) is 53.2 Å². The molecule has 3 fully saturated rings. The van der Waals surface area contributed by atoms with E-state index >= 15 is 0 Å². The van der Waals surface area contributed by atoms with Crippen LogP contribution in [0.25, 0.3) is 22.2 Å². The number of nitrogens with zero attached hydrogens (tertiary/aromatic N) is 1. The number of rotatable bonds is 5. The van der Waals surface area contributed by atoms with E-state index in [1.54, 1.807) is 0 Å². The molecule has 1 heterocycles. The van der Waals surface area contributed by atoms with Gasteiger partial charge in [-0.05, 0) is 62.8 Å². The van der Waals surface area contributed by atoms with Crippen LogP contribution in [-0.4, -0.2) is 33.3 Å². The average molecular weight is 535 g/mol.